The zero-order valence-corrected chi connectivity index (χ0v) is 14.2. The number of amides is 1. The molecule has 1 aliphatic rings. The number of fused-ring (bicyclic) bond motifs is 2. The number of anilines is 1. The van der Waals surface area contributed by atoms with Gasteiger partial charge in [-0.1, -0.05) is 29.3 Å². The van der Waals surface area contributed by atoms with Crippen LogP contribution in [0.5, 0.6) is 0 Å². The maximum atomic E-state index is 12.8. The molecular weight excluding hydrogens is 355 g/mol. The molecule has 0 fully saturated rings. The zero-order valence-electron chi connectivity index (χ0n) is 11.9. The van der Waals surface area contributed by atoms with Crippen LogP contribution in [-0.4, -0.2) is 27.3 Å². The average molecular weight is 367 g/mol. The Labute approximate surface area is 146 Å². The third kappa shape index (κ3) is 2.47. The third-order valence-electron chi connectivity index (χ3n) is 3.95. The summed E-state index contributed by atoms with van der Waals surface area (Å²) in [6.45, 7) is 1.16. The highest BCUT2D eigenvalue weighted by Gasteiger charge is 2.25. The van der Waals surface area contributed by atoms with Crippen LogP contribution in [0.3, 0.4) is 0 Å². The van der Waals surface area contributed by atoms with Gasteiger partial charge in [-0.25, -0.2) is 4.98 Å². The molecule has 0 atom stereocenters. The number of aromatic nitrogens is 2. The highest BCUT2D eigenvalue weighted by molar-refractivity contribution is 7.15. The van der Waals surface area contributed by atoms with Crippen LogP contribution in [0.25, 0.3) is 10.9 Å². The van der Waals surface area contributed by atoms with Crippen molar-refractivity contribution in [3.05, 3.63) is 44.5 Å². The summed E-state index contributed by atoms with van der Waals surface area (Å²) >= 11 is 13.6. The lowest BCUT2D eigenvalue weighted by molar-refractivity contribution is 0.0731. The molecule has 0 spiro atoms. The molecule has 0 radical (unpaired) electrons. The first kappa shape index (κ1) is 14.8. The molecular formula is C15H12Cl2N4OS. The lowest BCUT2D eigenvalue weighted by Crippen LogP contribution is -2.35. The fourth-order valence-corrected chi connectivity index (χ4v) is 4.08. The molecule has 3 N–H and O–H groups in total. The van der Waals surface area contributed by atoms with E-state index < -0.39 is 0 Å². The summed E-state index contributed by atoms with van der Waals surface area (Å²) in [7, 11) is 0. The summed E-state index contributed by atoms with van der Waals surface area (Å²) < 4.78 is 0. The van der Waals surface area contributed by atoms with Crippen molar-refractivity contribution in [2.45, 2.75) is 13.0 Å². The van der Waals surface area contributed by atoms with Gasteiger partial charge in [0.1, 0.15) is 5.69 Å². The molecule has 8 heteroatoms. The molecule has 2 aromatic heterocycles. The van der Waals surface area contributed by atoms with Gasteiger partial charge in [0.15, 0.2) is 5.13 Å². The first-order valence-electron chi connectivity index (χ1n) is 7.03. The van der Waals surface area contributed by atoms with Gasteiger partial charge in [0.05, 0.1) is 27.8 Å². The molecule has 1 aromatic carbocycles. The molecule has 0 saturated carbocycles. The zero-order chi connectivity index (χ0) is 16.1. The summed E-state index contributed by atoms with van der Waals surface area (Å²) in [5.41, 5.74) is 7.93. The van der Waals surface area contributed by atoms with E-state index in [1.54, 1.807) is 17.0 Å². The van der Waals surface area contributed by atoms with E-state index in [9.17, 15) is 4.79 Å². The largest absolute Gasteiger partial charge is 0.375 e. The number of halogens is 2. The van der Waals surface area contributed by atoms with Gasteiger partial charge in [-0.2, -0.15) is 0 Å². The van der Waals surface area contributed by atoms with Crippen molar-refractivity contribution >= 4 is 56.5 Å². The number of rotatable bonds is 1. The van der Waals surface area contributed by atoms with Crippen LogP contribution < -0.4 is 5.73 Å². The second-order valence-electron chi connectivity index (χ2n) is 5.41. The number of nitrogen functional groups attached to an aromatic ring is 1. The van der Waals surface area contributed by atoms with E-state index in [0.29, 0.717) is 39.5 Å². The van der Waals surface area contributed by atoms with E-state index >= 15 is 0 Å². The van der Waals surface area contributed by atoms with E-state index in [0.717, 1.165) is 22.4 Å². The molecule has 0 saturated heterocycles. The summed E-state index contributed by atoms with van der Waals surface area (Å²) in [6, 6.07) is 5.37. The number of thiazole rings is 1. The summed E-state index contributed by atoms with van der Waals surface area (Å²) in [4.78, 5) is 23.0. The number of carbonyl (C=O) groups excluding carboxylic acids is 1. The molecule has 118 valence electrons. The van der Waals surface area contributed by atoms with Crippen LogP contribution in [0, 0.1) is 0 Å². The first-order chi connectivity index (χ1) is 11.0. The van der Waals surface area contributed by atoms with Gasteiger partial charge in [-0.05, 0) is 12.1 Å². The van der Waals surface area contributed by atoms with Crippen molar-refractivity contribution in [1.82, 2.24) is 14.9 Å². The van der Waals surface area contributed by atoms with Gasteiger partial charge in [0, 0.05) is 23.2 Å². The summed E-state index contributed by atoms with van der Waals surface area (Å²) in [5, 5.41) is 2.31. The molecule has 4 rings (SSSR count). The predicted octanol–water partition coefficient (Wildman–Crippen LogP) is 3.71. The number of aromatic amines is 1. The predicted molar refractivity (Wildman–Crippen MR) is 93.3 cm³/mol. The normalized spacial score (nSPS) is 14.3. The van der Waals surface area contributed by atoms with Crippen LogP contribution in [-0.2, 0) is 13.0 Å². The lowest BCUT2D eigenvalue weighted by Gasteiger charge is -2.25. The van der Waals surface area contributed by atoms with Crippen molar-refractivity contribution in [1.29, 1.82) is 0 Å². The number of hydrogen-bond acceptors (Lipinski definition) is 4. The SMILES string of the molecule is Nc1nc2c(s1)CN(C(=O)c1cc3ccc(Cl)c(Cl)c3[nH]1)CC2. The second kappa shape index (κ2) is 5.40. The van der Waals surface area contributed by atoms with Crippen molar-refractivity contribution in [2.24, 2.45) is 0 Å². The van der Waals surface area contributed by atoms with E-state index in [4.69, 9.17) is 28.9 Å². The summed E-state index contributed by atoms with van der Waals surface area (Å²) in [6.07, 6.45) is 0.724. The maximum absolute atomic E-state index is 12.8. The number of nitrogens with one attached hydrogen (secondary N) is 1. The Kier molecular flexibility index (Phi) is 3.48. The number of nitrogens with zero attached hydrogens (tertiary/aromatic N) is 2. The monoisotopic (exact) mass is 366 g/mol. The van der Waals surface area contributed by atoms with Gasteiger partial charge >= 0.3 is 0 Å². The van der Waals surface area contributed by atoms with Gasteiger partial charge in [0.25, 0.3) is 5.91 Å². The van der Waals surface area contributed by atoms with Crippen LogP contribution in [0.4, 0.5) is 5.13 Å². The fraction of sp³-hybridized carbons (Fsp3) is 0.200. The van der Waals surface area contributed by atoms with E-state index in [1.807, 2.05) is 6.07 Å². The minimum Gasteiger partial charge on any atom is -0.375 e. The average Bonchev–Trinajstić information content (AvgIpc) is 3.12. The van der Waals surface area contributed by atoms with Gasteiger partial charge < -0.3 is 15.6 Å². The molecule has 1 amide bonds. The van der Waals surface area contributed by atoms with E-state index in [1.165, 1.54) is 11.3 Å². The maximum Gasteiger partial charge on any atom is 0.270 e. The standard InChI is InChI=1S/C15H12Cl2N4OS/c16-8-2-1-7-5-10(19-13(7)12(8)17)14(22)21-4-3-9-11(6-21)23-15(18)20-9/h1-2,5,19H,3-4,6H2,(H2,18,20). The Balaban J connectivity index is 1.66. The summed E-state index contributed by atoms with van der Waals surface area (Å²) in [5.74, 6) is -0.0639. The van der Waals surface area contributed by atoms with Crippen LogP contribution >= 0.6 is 34.5 Å². The highest BCUT2D eigenvalue weighted by atomic mass is 35.5. The van der Waals surface area contributed by atoms with E-state index in [-0.39, 0.29) is 5.91 Å². The highest BCUT2D eigenvalue weighted by Crippen LogP contribution is 2.32. The lowest BCUT2D eigenvalue weighted by atomic mass is 10.1. The third-order valence-corrected chi connectivity index (χ3v) is 5.67. The van der Waals surface area contributed by atoms with Crippen molar-refractivity contribution in [2.75, 3.05) is 12.3 Å². The Morgan fingerprint density at radius 1 is 1.39 bits per heavy atom. The van der Waals surface area contributed by atoms with Crippen molar-refractivity contribution < 1.29 is 4.79 Å². The minimum atomic E-state index is -0.0639. The topological polar surface area (TPSA) is 75.0 Å². The number of benzene rings is 1. The Morgan fingerprint density at radius 2 is 2.22 bits per heavy atom. The van der Waals surface area contributed by atoms with E-state index in [2.05, 4.69) is 9.97 Å². The first-order valence-corrected chi connectivity index (χ1v) is 8.60. The van der Waals surface area contributed by atoms with Crippen molar-refractivity contribution in [3.8, 4) is 0 Å². The molecule has 1 aliphatic heterocycles. The number of H-pyrrole nitrogens is 1. The Bertz CT molecular complexity index is 933. The van der Waals surface area contributed by atoms with Crippen molar-refractivity contribution in [3.63, 3.8) is 0 Å². The minimum absolute atomic E-state index is 0.0639. The Morgan fingerprint density at radius 3 is 3.04 bits per heavy atom. The van der Waals surface area contributed by atoms with Crippen LogP contribution in [0.1, 0.15) is 21.1 Å². The molecule has 5 nitrogen and oxygen atoms in total. The molecule has 0 aliphatic carbocycles. The number of nitrogens with two attached hydrogens (primary N) is 1. The van der Waals surface area contributed by atoms with Crippen LogP contribution in [0.2, 0.25) is 10.0 Å². The quantitative estimate of drug-likeness (QED) is 0.689. The molecule has 0 unspecified atom stereocenters. The molecule has 23 heavy (non-hydrogen) atoms. The number of hydrogen-bond donors (Lipinski definition) is 2. The van der Waals surface area contributed by atoms with Gasteiger partial charge in [-0.15, -0.1) is 11.3 Å². The van der Waals surface area contributed by atoms with Gasteiger partial charge in [0.2, 0.25) is 0 Å². The molecule has 3 aromatic rings. The fourth-order valence-electron chi connectivity index (χ4n) is 2.81. The second-order valence-corrected chi connectivity index (χ2v) is 7.31. The Hall–Kier alpha value is -1.76. The number of carbonyl (C=O) groups is 1. The smallest absolute Gasteiger partial charge is 0.270 e. The molecule has 3 heterocycles. The molecule has 0 bridgehead atoms. The van der Waals surface area contributed by atoms with Gasteiger partial charge in [-0.3, -0.25) is 4.79 Å². The van der Waals surface area contributed by atoms with Crippen LogP contribution in [0.15, 0.2) is 18.2 Å².